The molecule has 2 aromatic rings. The van der Waals surface area contributed by atoms with Crippen LogP contribution < -0.4 is 11.3 Å². The van der Waals surface area contributed by atoms with Crippen molar-refractivity contribution in [2.24, 2.45) is 5.84 Å². The first kappa shape index (κ1) is 14.5. The lowest BCUT2D eigenvalue weighted by Gasteiger charge is -2.17. The summed E-state index contributed by atoms with van der Waals surface area (Å²) in [6.07, 6.45) is -2.70. The third-order valence-electron chi connectivity index (χ3n) is 2.97. The molecule has 20 heavy (non-hydrogen) atoms. The lowest BCUT2D eigenvalue weighted by molar-refractivity contribution is -0.137. The van der Waals surface area contributed by atoms with Crippen molar-refractivity contribution in [3.05, 3.63) is 65.0 Å². The van der Waals surface area contributed by atoms with E-state index in [4.69, 9.17) is 5.84 Å². The van der Waals surface area contributed by atoms with Gasteiger partial charge in [-0.1, -0.05) is 12.1 Å². The molecular formula is C14H14F3N3. The quantitative estimate of drug-likeness (QED) is 0.671. The highest BCUT2D eigenvalue weighted by molar-refractivity contribution is 5.32. The summed E-state index contributed by atoms with van der Waals surface area (Å²) in [7, 11) is 0. The van der Waals surface area contributed by atoms with Crippen LogP contribution in [-0.2, 0) is 6.18 Å². The fraction of sp³-hybridized carbons (Fsp3) is 0.214. The largest absolute Gasteiger partial charge is 0.416 e. The Hall–Kier alpha value is -1.92. The number of halogens is 3. The number of nitrogens with one attached hydrogen (secondary N) is 1. The molecule has 6 heteroatoms. The highest BCUT2D eigenvalue weighted by Crippen LogP contribution is 2.30. The Labute approximate surface area is 114 Å². The van der Waals surface area contributed by atoms with Crippen LogP contribution in [0.2, 0.25) is 0 Å². The second-order valence-electron chi connectivity index (χ2n) is 4.48. The van der Waals surface area contributed by atoms with E-state index in [0.29, 0.717) is 11.3 Å². The van der Waals surface area contributed by atoms with Crippen LogP contribution in [0.25, 0.3) is 0 Å². The second-order valence-corrected chi connectivity index (χ2v) is 4.48. The lowest BCUT2D eigenvalue weighted by Crippen LogP contribution is -2.29. The topological polar surface area (TPSA) is 50.9 Å². The molecule has 0 spiro atoms. The Morgan fingerprint density at radius 1 is 1.15 bits per heavy atom. The minimum Gasteiger partial charge on any atom is -0.271 e. The summed E-state index contributed by atoms with van der Waals surface area (Å²) in [5.74, 6) is 5.50. The van der Waals surface area contributed by atoms with E-state index < -0.39 is 17.8 Å². The van der Waals surface area contributed by atoms with Crippen LogP contribution in [0.4, 0.5) is 13.2 Å². The number of benzene rings is 1. The normalized spacial score (nSPS) is 13.2. The zero-order chi connectivity index (χ0) is 14.8. The molecule has 0 aliphatic rings. The number of nitrogens with two attached hydrogens (primary N) is 1. The number of hydrogen-bond donors (Lipinski definition) is 2. The molecule has 1 atom stereocenters. The SMILES string of the molecule is Cc1ccnc(C(NN)c2ccc(C(F)(F)F)cc2)c1. The van der Waals surface area contributed by atoms with Gasteiger partial charge in [0.25, 0.3) is 0 Å². The number of aromatic nitrogens is 1. The molecule has 0 fully saturated rings. The van der Waals surface area contributed by atoms with Gasteiger partial charge < -0.3 is 0 Å². The average molecular weight is 281 g/mol. The van der Waals surface area contributed by atoms with Crippen LogP contribution in [0.3, 0.4) is 0 Å². The first-order valence-corrected chi connectivity index (χ1v) is 5.97. The van der Waals surface area contributed by atoms with Crippen molar-refractivity contribution in [1.29, 1.82) is 0 Å². The first-order valence-electron chi connectivity index (χ1n) is 5.97. The second kappa shape index (κ2) is 5.60. The molecule has 0 aliphatic heterocycles. The Kier molecular flexibility index (Phi) is 4.06. The van der Waals surface area contributed by atoms with Gasteiger partial charge >= 0.3 is 6.18 Å². The van der Waals surface area contributed by atoms with E-state index in [1.165, 1.54) is 12.1 Å². The van der Waals surface area contributed by atoms with E-state index in [0.717, 1.165) is 17.7 Å². The maximum absolute atomic E-state index is 12.5. The van der Waals surface area contributed by atoms with Gasteiger partial charge in [-0.05, 0) is 42.3 Å². The molecule has 0 saturated heterocycles. The number of nitrogens with zero attached hydrogens (tertiary/aromatic N) is 1. The molecule has 0 bridgehead atoms. The molecule has 3 N–H and O–H groups in total. The summed E-state index contributed by atoms with van der Waals surface area (Å²) in [6, 6.07) is 8.10. The summed E-state index contributed by atoms with van der Waals surface area (Å²) in [6.45, 7) is 1.91. The van der Waals surface area contributed by atoms with E-state index in [9.17, 15) is 13.2 Å². The molecule has 2 rings (SSSR count). The fourth-order valence-electron chi connectivity index (χ4n) is 1.93. The minimum absolute atomic E-state index is 0.447. The van der Waals surface area contributed by atoms with Crippen molar-refractivity contribution >= 4 is 0 Å². The number of rotatable bonds is 3. The number of alkyl halides is 3. The van der Waals surface area contributed by atoms with Crippen LogP contribution in [0.1, 0.15) is 28.4 Å². The highest BCUT2D eigenvalue weighted by atomic mass is 19.4. The van der Waals surface area contributed by atoms with Crippen LogP contribution in [-0.4, -0.2) is 4.98 Å². The lowest BCUT2D eigenvalue weighted by atomic mass is 10.0. The Balaban J connectivity index is 2.33. The minimum atomic E-state index is -4.34. The van der Waals surface area contributed by atoms with E-state index in [1.54, 1.807) is 6.20 Å². The molecule has 0 radical (unpaired) electrons. The standard InChI is InChI=1S/C14H14F3N3/c1-9-6-7-19-12(8-9)13(20-18)10-2-4-11(5-3-10)14(15,16)17/h2-8,13,20H,18H2,1H3. The molecule has 1 aromatic carbocycles. The maximum atomic E-state index is 12.5. The maximum Gasteiger partial charge on any atom is 0.416 e. The smallest absolute Gasteiger partial charge is 0.271 e. The number of hydrazine groups is 1. The van der Waals surface area contributed by atoms with Crippen molar-refractivity contribution in [1.82, 2.24) is 10.4 Å². The molecule has 0 aliphatic carbocycles. The number of pyridine rings is 1. The van der Waals surface area contributed by atoms with E-state index in [1.807, 2.05) is 19.1 Å². The summed E-state index contributed by atoms with van der Waals surface area (Å²) < 4.78 is 37.6. The van der Waals surface area contributed by atoms with E-state index >= 15 is 0 Å². The van der Waals surface area contributed by atoms with Gasteiger partial charge in [0.1, 0.15) is 0 Å². The van der Waals surface area contributed by atoms with Crippen molar-refractivity contribution in [3.63, 3.8) is 0 Å². The van der Waals surface area contributed by atoms with Gasteiger partial charge in [0.2, 0.25) is 0 Å². The van der Waals surface area contributed by atoms with Gasteiger partial charge in [0.05, 0.1) is 17.3 Å². The summed E-state index contributed by atoms with van der Waals surface area (Å²) in [5.41, 5.74) is 4.18. The Morgan fingerprint density at radius 2 is 1.80 bits per heavy atom. The van der Waals surface area contributed by atoms with Crippen LogP contribution in [0.15, 0.2) is 42.6 Å². The monoisotopic (exact) mass is 281 g/mol. The predicted octanol–water partition coefficient (Wildman–Crippen LogP) is 2.96. The molecule has 3 nitrogen and oxygen atoms in total. The van der Waals surface area contributed by atoms with E-state index in [-0.39, 0.29) is 0 Å². The number of hydrogen-bond acceptors (Lipinski definition) is 3. The molecule has 1 aromatic heterocycles. The zero-order valence-corrected chi connectivity index (χ0v) is 10.8. The predicted molar refractivity (Wildman–Crippen MR) is 69.6 cm³/mol. The van der Waals surface area contributed by atoms with Gasteiger partial charge in [-0.15, -0.1) is 0 Å². The van der Waals surface area contributed by atoms with Crippen LogP contribution in [0.5, 0.6) is 0 Å². The van der Waals surface area contributed by atoms with Gasteiger partial charge in [0, 0.05) is 6.20 Å². The molecule has 1 unspecified atom stereocenters. The summed E-state index contributed by atoms with van der Waals surface area (Å²) >= 11 is 0. The average Bonchev–Trinajstić information content (AvgIpc) is 2.39. The zero-order valence-electron chi connectivity index (χ0n) is 10.8. The number of aryl methyl sites for hydroxylation is 1. The molecular weight excluding hydrogens is 267 g/mol. The van der Waals surface area contributed by atoms with Crippen molar-refractivity contribution < 1.29 is 13.2 Å². The first-order chi connectivity index (χ1) is 9.41. The summed E-state index contributed by atoms with van der Waals surface area (Å²) in [4.78, 5) is 4.19. The van der Waals surface area contributed by atoms with E-state index in [2.05, 4.69) is 10.4 Å². The molecule has 0 amide bonds. The van der Waals surface area contributed by atoms with Crippen LogP contribution in [0, 0.1) is 6.92 Å². The Morgan fingerprint density at radius 3 is 2.30 bits per heavy atom. The van der Waals surface area contributed by atoms with Gasteiger partial charge in [0.15, 0.2) is 0 Å². The van der Waals surface area contributed by atoms with Gasteiger partial charge in [-0.25, -0.2) is 5.43 Å². The third kappa shape index (κ3) is 3.15. The van der Waals surface area contributed by atoms with Crippen molar-refractivity contribution in [3.8, 4) is 0 Å². The van der Waals surface area contributed by atoms with Crippen LogP contribution >= 0.6 is 0 Å². The molecule has 1 heterocycles. The molecule has 106 valence electrons. The Bertz CT molecular complexity index is 579. The van der Waals surface area contributed by atoms with Crippen molar-refractivity contribution in [2.75, 3.05) is 0 Å². The highest BCUT2D eigenvalue weighted by Gasteiger charge is 2.30. The van der Waals surface area contributed by atoms with Gasteiger partial charge in [-0.2, -0.15) is 13.2 Å². The van der Waals surface area contributed by atoms with Crippen molar-refractivity contribution in [2.45, 2.75) is 19.1 Å². The van der Waals surface area contributed by atoms with Gasteiger partial charge in [-0.3, -0.25) is 10.8 Å². The molecule has 0 saturated carbocycles. The third-order valence-corrected chi connectivity index (χ3v) is 2.97. The summed E-state index contributed by atoms with van der Waals surface area (Å²) in [5, 5.41) is 0. The fourth-order valence-corrected chi connectivity index (χ4v) is 1.93.